The van der Waals surface area contributed by atoms with Crippen LogP contribution in [-0.4, -0.2) is 23.4 Å². The molecule has 4 heteroatoms. The summed E-state index contributed by atoms with van der Waals surface area (Å²) in [6.07, 6.45) is 2.19. The second-order valence-electron chi connectivity index (χ2n) is 6.12. The van der Waals surface area contributed by atoms with Gasteiger partial charge in [0.1, 0.15) is 12.0 Å². The van der Waals surface area contributed by atoms with Crippen molar-refractivity contribution in [2.24, 2.45) is 11.8 Å². The SMILES string of the molecule is CC1NC(c2ccccc2F)N(CC(C)C2CC2)C1=O. The summed E-state index contributed by atoms with van der Waals surface area (Å²) < 4.78 is 14.0. The highest BCUT2D eigenvalue weighted by atomic mass is 19.1. The lowest BCUT2D eigenvalue weighted by Crippen LogP contribution is -2.35. The molecule has 1 aliphatic heterocycles. The fraction of sp³-hybridized carbons (Fsp3) is 0.562. The average Bonchev–Trinajstić information content (AvgIpc) is 3.23. The van der Waals surface area contributed by atoms with Crippen molar-refractivity contribution in [2.75, 3.05) is 6.54 Å². The van der Waals surface area contributed by atoms with Crippen molar-refractivity contribution in [1.82, 2.24) is 10.2 Å². The molecule has 1 heterocycles. The van der Waals surface area contributed by atoms with Crippen molar-refractivity contribution in [1.29, 1.82) is 0 Å². The van der Waals surface area contributed by atoms with Crippen LogP contribution in [0.1, 0.15) is 38.4 Å². The van der Waals surface area contributed by atoms with Gasteiger partial charge in [0.2, 0.25) is 5.91 Å². The first-order valence-corrected chi connectivity index (χ1v) is 7.39. The number of carbonyl (C=O) groups excluding carboxylic acids is 1. The Morgan fingerprint density at radius 2 is 2.10 bits per heavy atom. The van der Waals surface area contributed by atoms with Crippen LogP contribution < -0.4 is 5.32 Å². The molecule has 1 aromatic carbocycles. The van der Waals surface area contributed by atoms with Crippen LogP contribution in [-0.2, 0) is 4.79 Å². The van der Waals surface area contributed by atoms with Crippen LogP contribution in [0.3, 0.4) is 0 Å². The number of amides is 1. The van der Waals surface area contributed by atoms with E-state index in [2.05, 4.69) is 12.2 Å². The Kier molecular flexibility index (Phi) is 3.50. The van der Waals surface area contributed by atoms with Gasteiger partial charge in [-0.25, -0.2) is 4.39 Å². The lowest BCUT2D eigenvalue weighted by atomic mass is 10.0. The van der Waals surface area contributed by atoms with Crippen LogP contribution >= 0.6 is 0 Å². The van der Waals surface area contributed by atoms with E-state index in [1.807, 2.05) is 17.9 Å². The molecule has 0 aromatic heterocycles. The van der Waals surface area contributed by atoms with Crippen molar-refractivity contribution in [2.45, 2.75) is 38.9 Å². The molecule has 20 heavy (non-hydrogen) atoms. The number of rotatable bonds is 4. The zero-order valence-corrected chi connectivity index (χ0v) is 12.0. The van der Waals surface area contributed by atoms with Crippen molar-refractivity contribution in [3.8, 4) is 0 Å². The van der Waals surface area contributed by atoms with E-state index in [1.54, 1.807) is 12.1 Å². The third-order valence-electron chi connectivity index (χ3n) is 4.48. The minimum Gasteiger partial charge on any atom is -0.321 e. The number of halogens is 1. The Morgan fingerprint density at radius 3 is 2.75 bits per heavy atom. The fourth-order valence-electron chi connectivity index (χ4n) is 3.05. The monoisotopic (exact) mass is 276 g/mol. The predicted octanol–water partition coefficient (Wildman–Crippen LogP) is 2.69. The molecule has 1 aromatic rings. The normalized spacial score (nSPS) is 27.9. The summed E-state index contributed by atoms with van der Waals surface area (Å²) in [4.78, 5) is 14.1. The molecule has 1 saturated carbocycles. The van der Waals surface area contributed by atoms with E-state index in [0.29, 0.717) is 18.0 Å². The minimum atomic E-state index is -0.333. The van der Waals surface area contributed by atoms with Crippen molar-refractivity contribution in [3.05, 3.63) is 35.6 Å². The van der Waals surface area contributed by atoms with Crippen LogP contribution in [0.2, 0.25) is 0 Å². The maximum absolute atomic E-state index is 14.0. The molecular formula is C16H21FN2O. The number of nitrogens with zero attached hydrogens (tertiary/aromatic N) is 1. The van der Waals surface area contributed by atoms with E-state index in [1.165, 1.54) is 18.9 Å². The second kappa shape index (κ2) is 5.17. The molecule has 3 atom stereocenters. The molecule has 1 N–H and O–H groups in total. The van der Waals surface area contributed by atoms with E-state index >= 15 is 0 Å². The van der Waals surface area contributed by atoms with Gasteiger partial charge in [-0.15, -0.1) is 0 Å². The second-order valence-corrected chi connectivity index (χ2v) is 6.12. The Labute approximate surface area is 119 Å². The Morgan fingerprint density at radius 1 is 1.40 bits per heavy atom. The molecule has 1 amide bonds. The molecule has 3 unspecified atom stereocenters. The molecule has 1 aliphatic carbocycles. The predicted molar refractivity (Wildman–Crippen MR) is 75.3 cm³/mol. The molecule has 3 rings (SSSR count). The maximum atomic E-state index is 14.0. The molecular weight excluding hydrogens is 255 g/mol. The summed E-state index contributed by atoms with van der Waals surface area (Å²) in [7, 11) is 0. The van der Waals surface area contributed by atoms with Gasteiger partial charge in [0.25, 0.3) is 0 Å². The highest BCUT2D eigenvalue weighted by Crippen LogP contribution is 2.38. The average molecular weight is 276 g/mol. The molecule has 108 valence electrons. The first-order chi connectivity index (χ1) is 9.58. The number of carbonyl (C=O) groups is 1. The van der Waals surface area contributed by atoms with Crippen molar-refractivity contribution < 1.29 is 9.18 Å². The maximum Gasteiger partial charge on any atom is 0.241 e. The van der Waals surface area contributed by atoms with Crippen LogP contribution in [0.5, 0.6) is 0 Å². The topological polar surface area (TPSA) is 32.3 Å². The van der Waals surface area contributed by atoms with Gasteiger partial charge < -0.3 is 4.90 Å². The van der Waals surface area contributed by atoms with E-state index in [9.17, 15) is 9.18 Å². The summed E-state index contributed by atoms with van der Waals surface area (Å²) in [5.74, 6) is 1.04. The zero-order chi connectivity index (χ0) is 14.3. The number of benzene rings is 1. The molecule has 0 radical (unpaired) electrons. The summed E-state index contributed by atoms with van der Waals surface area (Å²) in [5.41, 5.74) is 0.563. The largest absolute Gasteiger partial charge is 0.321 e. The third kappa shape index (κ3) is 2.44. The number of nitrogens with one attached hydrogen (secondary N) is 1. The fourth-order valence-corrected chi connectivity index (χ4v) is 3.05. The Hall–Kier alpha value is -1.42. The first-order valence-electron chi connectivity index (χ1n) is 7.39. The van der Waals surface area contributed by atoms with Crippen LogP contribution in [0, 0.1) is 17.7 Å². The van der Waals surface area contributed by atoms with E-state index in [0.717, 1.165) is 5.92 Å². The highest BCUT2D eigenvalue weighted by molar-refractivity contribution is 5.84. The third-order valence-corrected chi connectivity index (χ3v) is 4.48. The molecule has 0 bridgehead atoms. The quantitative estimate of drug-likeness (QED) is 0.917. The summed E-state index contributed by atoms with van der Waals surface area (Å²) in [6.45, 7) is 4.74. The summed E-state index contributed by atoms with van der Waals surface area (Å²) >= 11 is 0. The van der Waals surface area contributed by atoms with Gasteiger partial charge in [-0.2, -0.15) is 0 Å². The van der Waals surface area contributed by atoms with Crippen LogP contribution in [0.25, 0.3) is 0 Å². The minimum absolute atomic E-state index is 0.0748. The highest BCUT2D eigenvalue weighted by Gasteiger charge is 2.40. The van der Waals surface area contributed by atoms with Crippen molar-refractivity contribution >= 4 is 5.91 Å². The van der Waals surface area contributed by atoms with Crippen LogP contribution in [0.4, 0.5) is 4.39 Å². The summed E-state index contributed by atoms with van der Waals surface area (Å²) in [6, 6.07) is 6.46. The van der Waals surface area contributed by atoms with Gasteiger partial charge in [0.05, 0.1) is 6.04 Å². The summed E-state index contributed by atoms with van der Waals surface area (Å²) in [5, 5.41) is 3.21. The van der Waals surface area contributed by atoms with Gasteiger partial charge in [0.15, 0.2) is 0 Å². The molecule has 1 saturated heterocycles. The molecule has 3 nitrogen and oxygen atoms in total. The van der Waals surface area contributed by atoms with Crippen LogP contribution in [0.15, 0.2) is 24.3 Å². The lowest BCUT2D eigenvalue weighted by Gasteiger charge is -2.27. The number of hydrogen-bond acceptors (Lipinski definition) is 2. The molecule has 0 spiro atoms. The molecule has 2 aliphatic rings. The van der Waals surface area contributed by atoms with E-state index in [4.69, 9.17) is 0 Å². The molecule has 2 fully saturated rings. The lowest BCUT2D eigenvalue weighted by molar-refractivity contribution is -0.130. The zero-order valence-electron chi connectivity index (χ0n) is 12.0. The van der Waals surface area contributed by atoms with Crippen molar-refractivity contribution in [3.63, 3.8) is 0 Å². The van der Waals surface area contributed by atoms with Gasteiger partial charge in [-0.1, -0.05) is 25.1 Å². The Bertz CT molecular complexity index is 515. The Balaban J connectivity index is 1.84. The first kappa shape index (κ1) is 13.6. The van der Waals surface area contributed by atoms with Gasteiger partial charge in [-0.3, -0.25) is 10.1 Å². The van der Waals surface area contributed by atoms with Gasteiger partial charge in [0, 0.05) is 12.1 Å². The van der Waals surface area contributed by atoms with Gasteiger partial charge >= 0.3 is 0 Å². The number of hydrogen-bond donors (Lipinski definition) is 1. The standard InChI is InChI=1S/C16H21FN2O/c1-10(12-7-8-12)9-19-15(18-11(2)16(19)20)13-5-3-4-6-14(13)17/h3-6,10-12,15,18H,7-9H2,1-2H3. The van der Waals surface area contributed by atoms with E-state index in [-0.39, 0.29) is 23.9 Å². The van der Waals surface area contributed by atoms with Gasteiger partial charge in [-0.05, 0) is 37.7 Å². The van der Waals surface area contributed by atoms with E-state index < -0.39 is 0 Å². The smallest absolute Gasteiger partial charge is 0.241 e.